The van der Waals surface area contributed by atoms with Crippen LogP contribution in [0, 0.1) is 46.5 Å². The van der Waals surface area contributed by atoms with Gasteiger partial charge in [-0.1, -0.05) is 0 Å². The minimum absolute atomic E-state index is 0.121. The van der Waals surface area contributed by atoms with E-state index in [1.165, 1.54) is 0 Å². The topological polar surface area (TPSA) is 64.6 Å². The first-order valence-electron chi connectivity index (χ1n) is 7.31. The number of benzene rings is 2. The summed E-state index contributed by atoms with van der Waals surface area (Å²) in [6.07, 6.45) is 0. The van der Waals surface area contributed by atoms with Gasteiger partial charge >= 0.3 is 11.9 Å². The molecule has 2 aromatic rings. The van der Waals surface area contributed by atoms with Crippen LogP contribution in [0.4, 0.5) is 35.1 Å². The second-order valence-corrected chi connectivity index (χ2v) is 5.15. The van der Waals surface area contributed by atoms with Crippen molar-refractivity contribution in [2.24, 2.45) is 0 Å². The van der Waals surface area contributed by atoms with Gasteiger partial charge in [-0.05, 0) is 0 Å². The highest BCUT2D eigenvalue weighted by Crippen LogP contribution is 2.27. The average Bonchev–Trinajstić information content (AvgIpc) is 2.65. The second kappa shape index (κ2) is 8.86. The second-order valence-electron chi connectivity index (χ2n) is 5.15. The van der Waals surface area contributed by atoms with Gasteiger partial charge < -0.3 is 9.47 Å². The van der Waals surface area contributed by atoms with Crippen molar-refractivity contribution in [2.45, 2.75) is 0 Å². The van der Waals surface area contributed by atoms with Gasteiger partial charge in [-0.3, -0.25) is 14.9 Å². The number of hydrogen-bond donors (Lipinski definition) is 1. The molecule has 0 aromatic heterocycles. The third kappa shape index (κ3) is 4.99. The smallest absolute Gasteiger partial charge is 0.325 e. The normalized spacial score (nSPS) is 10.8. The van der Waals surface area contributed by atoms with E-state index in [9.17, 15) is 44.7 Å². The monoisotopic (exact) mass is 429 g/mol. The fraction of sp³-hybridized carbons (Fsp3) is 0.125. The lowest BCUT2D eigenvalue weighted by Crippen LogP contribution is -2.33. The Bertz CT molecular complexity index is 852. The van der Waals surface area contributed by atoms with E-state index in [0.717, 1.165) is 0 Å². The Balaban J connectivity index is 1.94. The lowest BCUT2D eigenvalue weighted by molar-refractivity contribution is -0.135. The van der Waals surface area contributed by atoms with E-state index in [2.05, 4.69) is 9.47 Å². The molecule has 0 bridgehead atoms. The van der Waals surface area contributed by atoms with Crippen LogP contribution in [0.1, 0.15) is 0 Å². The number of nitrogens with one attached hydrogen (secondary N) is 1. The lowest BCUT2D eigenvalue weighted by Gasteiger charge is -2.09. The SMILES string of the molecule is O=C(CNCC(=O)Oc1c(F)c(F)cc(F)c1F)Oc1c(F)c(F)cc(F)c1F. The fourth-order valence-corrected chi connectivity index (χ4v) is 1.85. The number of esters is 2. The van der Waals surface area contributed by atoms with Crippen LogP contribution in [0.5, 0.6) is 11.5 Å². The molecule has 13 heteroatoms. The van der Waals surface area contributed by atoms with Crippen molar-refractivity contribution in [3.8, 4) is 11.5 Å². The summed E-state index contributed by atoms with van der Waals surface area (Å²) in [5, 5.41) is 1.95. The predicted molar refractivity (Wildman–Crippen MR) is 76.7 cm³/mol. The van der Waals surface area contributed by atoms with Crippen molar-refractivity contribution in [2.75, 3.05) is 13.1 Å². The third-order valence-corrected chi connectivity index (χ3v) is 3.11. The Morgan fingerprint density at radius 3 is 1.17 bits per heavy atom. The highest BCUT2D eigenvalue weighted by molar-refractivity contribution is 5.77. The maximum Gasteiger partial charge on any atom is 0.325 e. The Morgan fingerprint density at radius 1 is 0.621 bits per heavy atom. The molecule has 5 nitrogen and oxygen atoms in total. The molecule has 29 heavy (non-hydrogen) atoms. The Morgan fingerprint density at radius 2 is 0.897 bits per heavy atom. The number of halogens is 8. The molecule has 0 aliphatic heterocycles. The molecule has 0 saturated carbocycles. The van der Waals surface area contributed by atoms with Crippen molar-refractivity contribution >= 4 is 11.9 Å². The molecule has 0 aliphatic rings. The fourth-order valence-electron chi connectivity index (χ4n) is 1.85. The van der Waals surface area contributed by atoms with E-state index < -0.39 is 83.1 Å². The summed E-state index contributed by atoms with van der Waals surface area (Å²) in [5.41, 5.74) is 0. The van der Waals surface area contributed by atoms with Crippen LogP contribution in [-0.2, 0) is 9.59 Å². The molecule has 0 saturated heterocycles. The van der Waals surface area contributed by atoms with Crippen LogP contribution in [0.3, 0.4) is 0 Å². The van der Waals surface area contributed by atoms with Gasteiger partial charge in [0.05, 0.1) is 13.1 Å². The standard InChI is InChI=1S/C16H7F8NO4/c17-5-1-6(18)12(22)15(11(5)21)28-9(26)3-25-4-10(27)29-16-13(23)7(19)2-8(20)14(16)24/h1-2,25H,3-4H2. The maximum absolute atomic E-state index is 13.4. The van der Waals surface area contributed by atoms with Gasteiger partial charge in [0.1, 0.15) is 0 Å². The molecule has 0 heterocycles. The maximum atomic E-state index is 13.4. The highest BCUT2D eigenvalue weighted by atomic mass is 19.2. The predicted octanol–water partition coefficient (Wildman–Crippen LogP) is 2.90. The third-order valence-electron chi connectivity index (χ3n) is 3.11. The lowest BCUT2D eigenvalue weighted by atomic mass is 10.3. The number of hydrogen-bond acceptors (Lipinski definition) is 5. The van der Waals surface area contributed by atoms with Crippen LogP contribution in [-0.4, -0.2) is 25.0 Å². The highest BCUT2D eigenvalue weighted by Gasteiger charge is 2.24. The molecule has 0 amide bonds. The van der Waals surface area contributed by atoms with Crippen LogP contribution >= 0.6 is 0 Å². The zero-order valence-electron chi connectivity index (χ0n) is 13.7. The van der Waals surface area contributed by atoms with Crippen LogP contribution in [0.25, 0.3) is 0 Å². The zero-order valence-corrected chi connectivity index (χ0v) is 13.7. The van der Waals surface area contributed by atoms with Gasteiger partial charge in [-0.2, -0.15) is 17.6 Å². The molecular weight excluding hydrogens is 422 g/mol. The summed E-state index contributed by atoms with van der Waals surface area (Å²) in [7, 11) is 0. The number of carbonyl (C=O) groups is 2. The molecule has 2 rings (SSSR count). The molecule has 2 aromatic carbocycles. The van der Waals surface area contributed by atoms with Crippen molar-refractivity contribution < 1.29 is 54.2 Å². The van der Waals surface area contributed by atoms with E-state index in [-0.39, 0.29) is 12.1 Å². The molecule has 0 spiro atoms. The molecule has 0 unspecified atom stereocenters. The Hall–Kier alpha value is -3.22. The summed E-state index contributed by atoms with van der Waals surface area (Å²) in [6.45, 7) is -1.98. The zero-order chi connectivity index (χ0) is 21.9. The van der Waals surface area contributed by atoms with Crippen molar-refractivity contribution in [1.29, 1.82) is 0 Å². The van der Waals surface area contributed by atoms with Gasteiger partial charge in [-0.25, -0.2) is 17.6 Å². The Kier molecular flexibility index (Phi) is 6.74. The minimum atomic E-state index is -1.99. The van der Waals surface area contributed by atoms with E-state index in [4.69, 9.17) is 0 Å². The molecule has 0 atom stereocenters. The van der Waals surface area contributed by atoms with Gasteiger partial charge in [0.2, 0.25) is 34.8 Å². The van der Waals surface area contributed by atoms with Gasteiger partial charge in [0.25, 0.3) is 0 Å². The summed E-state index contributed by atoms with van der Waals surface area (Å²) in [5.74, 6) is -21.7. The van der Waals surface area contributed by atoms with E-state index >= 15 is 0 Å². The van der Waals surface area contributed by atoms with Crippen LogP contribution in [0.15, 0.2) is 12.1 Å². The van der Waals surface area contributed by atoms with E-state index in [0.29, 0.717) is 0 Å². The summed E-state index contributed by atoms with van der Waals surface area (Å²) >= 11 is 0. The van der Waals surface area contributed by atoms with Gasteiger partial charge in [-0.15, -0.1) is 0 Å². The van der Waals surface area contributed by atoms with Gasteiger partial charge in [0, 0.05) is 12.1 Å². The number of ether oxygens (including phenoxy) is 2. The van der Waals surface area contributed by atoms with E-state index in [1.54, 1.807) is 0 Å². The summed E-state index contributed by atoms with van der Waals surface area (Å²) in [6, 6.07) is -0.243. The number of rotatable bonds is 6. The molecule has 0 radical (unpaired) electrons. The quantitative estimate of drug-likeness (QED) is 0.331. The average molecular weight is 429 g/mol. The Labute approximate surface area is 155 Å². The molecule has 0 aliphatic carbocycles. The first-order chi connectivity index (χ1) is 13.5. The largest absolute Gasteiger partial charge is 0.419 e. The van der Waals surface area contributed by atoms with Crippen molar-refractivity contribution in [1.82, 2.24) is 5.32 Å². The molecule has 1 N–H and O–H groups in total. The first-order valence-corrected chi connectivity index (χ1v) is 7.31. The first kappa shape index (κ1) is 22.1. The minimum Gasteiger partial charge on any atom is -0.419 e. The molecular formula is C16H7F8NO4. The summed E-state index contributed by atoms with van der Waals surface area (Å²) in [4.78, 5) is 22.9. The van der Waals surface area contributed by atoms with Gasteiger partial charge in [0.15, 0.2) is 23.3 Å². The van der Waals surface area contributed by atoms with Crippen molar-refractivity contribution in [3.05, 3.63) is 58.7 Å². The van der Waals surface area contributed by atoms with Crippen molar-refractivity contribution in [3.63, 3.8) is 0 Å². The van der Waals surface area contributed by atoms with E-state index in [1.807, 2.05) is 5.32 Å². The van der Waals surface area contributed by atoms with Crippen LogP contribution < -0.4 is 14.8 Å². The number of carbonyl (C=O) groups excluding carboxylic acids is 2. The summed E-state index contributed by atoms with van der Waals surface area (Å²) < 4.78 is 114. The van der Waals surface area contributed by atoms with Crippen LogP contribution in [0.2, 0.25) is 0 Å². The molecule has 156 valence electrons. The molecule has 0 fully saturated rings.